The lowest BCUT2D eigenvalue weighted by molar-refractivity contribution is -0.133. The summed E-state index contributed by atoms with van der Waals surface area (Å²) in [6, 6.07) is 18.0. The summed E-state index contributed by atoms with van der Waals surface area (Å²) in [6.45, 7) is 6.32. The molecule has 0 bridgehead atoms. The fourth-order valence-electron chi connectivity index (χ4n) is 3.53. The van der Waals surface area contributed by atoms with Gasteiger partial charge in [-0.15, -0.1) is 6.58 Å². The van der Waals surface area contributed by atoms with Gasteiger partial charge in [0.05, 0.1) is 26.5 Å². The first-order valence-electron chi connectivity index (χ1n) is 11.2. The van der Waals surface area contributed by atoms with Crippen LogP contribution in [0.25, 0.3) is 0 Å². The highest BCUT2D eigenvalue weighted by Crippen LogP contribution is 2.29. The van der Waals surface area contributed by atoms with E-state index in [0.29, 0.717) is 29.5 Å². The van der Waals surface area contributed by atoms with Crippen LogP contribution in [0.4, 0.5) is 10.5 Å². The Morgan fingerprint density at radius 2 is 1.77 bits per heavy atom. The van der Waals surface area contributed by atoms with E-state index in [9.17, 15) is 9.59 Å². The lowest BCUT2D eigenvalue weighted by atomic mass is 10.2. The number of carbonyl (C=O) groups is 2. The number of aryl methyl sites for hydroxylation is 1. The van der Waals surface area contributed by atoms with Crippen molar-refractivity contribution in [3.63, 3.8) is 0 Å². The molecular weight excluding hydrogens is 446 g/mol. The van der Waals surface area contributed by atoms with E-state index in [1.165, 1.54) is 12.0 Å². The van der Waals surface area contributed by atoms with E-state index >= 15 is 0 Å². The lowest BCUT2D eigenvalue weighted by Gasteiger charge is -2.27. The Hall–Kier alpha value is -4.20. The standard InChI is InChI=1S/C27H31N3O5/c1-5-15-29(27(32)28-24-14-13-22(33-3)16-25(24)34-4)19-26(31)30(17-21-9-7-6-8-10-21)18-23-12-11-20(2)35-23/h5-14,16H,1,15,17-19H2,2-4H3,(H,28,32). The molecule has 0 saturated heterocycles. The first-order valence-corrected chi connectivity index (χ1v) is 11.2. The van der Waals surface area contributed by atoms with Gasteiger partial charge in [-0.05, 0) is 36.8 Å². The second-order valence-corrected chi connectivity index (χ2v) is 7.91. The minimum absolute atomic E-state index is 0.136. The summed E-state index contributed by atoms with van der Waals surface area (Å²) in [5.41, 5.74) is 1.44. The second-order valence-electron chi connectivity index (χ2n) is 7.91. The number of hydrogen-bond donors (Lipinski definition) is 1. The molecule has 1 N–H and O–H groups in total. The monoisotopic (exact) mass is 477 g/mol. The number of methoxy groups -OCH3 is 2. The van der Waals surface area contributed by atoms with Crippen LogP contribution in [0.2, 0.25) is 0 Å². The predicted molar refractivity (Wildman–Crippen MR) is 134 cm³/mol. The van der Waals surface area contributed by atoms with Crippen LogP contribution in [0.5, 0.6) is 11.5 Å². The van der Waals surface area contributed by atoms with Crippen molar-refractivity contribution in [1.82, 2.24) is 9.80 Å². The molecular formula is C27H31N3O5. The molecule has 0 fully saturated rings. The van der Waals surface area contributed by atoms with Gasteiger partial charge < -0.3 is 29.0 Å². The maximum atomic E-state index is 13.4. The number of nitrogens with one attached hydrogen (secondary N) is 1. The molecule has 8 nitrogen and oxygen atoms in total. The first-order chi connectivity index (χ1) is 16.9. The number of hydrogen-bond acceptors (Lipinski definition) is 5. The minimum Gasteiger partial charge on any atom is -0.497 e. The summed E-state index contributed by atoms with van der Waals surface area (Å²) in [5, 5.41) is 2.81. The van der Waals surface area contributed by atoms with Gasteiger partial charge in [0.15, 0.2) is 0 Å². The van der Waals surface area contributed by atoms with Crippen molar-refractivity contribution in [3.05, 3.63) is 90.4 Å². The molecule has 0 atom stereocenters. The topological polar surface area (TPSA) is 84.3 Å². The molecule has 0 aliphatic rings. The van der Waals surface area contributed by atoms with Gasteiger partial charge >= 0.3 is 6.03 Å². The summed E-state index contributed by atoms with van der Waals surface area (Å²) in [7, 11) is 3.06. The molecule has 8 heteroatoms. The Balaban J connectivity index is 1.76. The van der Waals surface area contributed by atoms with Crippen LogP contribution in [-0.4, -0.2) is 49.0 Å². The van der Waals surface area contributed by atoms with E-state index in [1.54, 1.807) is 36.3 Å². The highest BCUT2D eigenvalue weighted by molar-refractivity contribution is 5.93. The van der Waals surface area contributed by atoms with E-state index in [1.807, 2.05) is 49.4 Å². The SMILES string of the molecule is C=CCN(CC(=O)N(Cc1ccccc1)Cc1ccc(C)o1)C(=O)Nc1ccc(OC)cc1OC. The number of amides is 3. The smallest absolute Gasteiger partial charge is 0.322 e. The maximum Gasteiger partial charge on any atom is 0.322 e. The van der Waals surface area contributed by atoms with Crippen LogP contribution in [-0.2, 0) is 17.9 Å². The number of furan rings is 1. The largest absolute Gasteiger partial charge is 0.497 e. The summed E-state index contributed by atoms with van der Waals surface area (Å²) in [6.07, 6.45) is 1.58. The number of ether oxygens (including phenoxy) is 2. The van der Waals surface area contributed by atoms with Gasteiger partial charge in [-0.1, -0.05) is 36.4 Å². The molecule has 3 amide bonds. The molecule has 0 unspecified atom stereocenters. The molecule has 1 aromatic heterocycles. The van der Waals surface area contributed by atoms with E-state index in [2.05, 4.69) is 11.9 Å². The summed E-state index contributed by atoms with van der Waals surface area (Å²) >= 11 is 0. The van der Waals surface area contributed by atoms with E-state index in [0.717, 1.165) is 11.3 Å². The van der Waals surface area contributed by atoms with Crippen LogP contribution in [0, 0.1) is 6.92 Å². The van der Waals surface area contributed by atoms with Gasteiger partial charge in [0.1, 0.15) is 29.6 Å². The van der Waals surface area contributed by atoms with Crippen molar-refractivity contribution in [2.24, 2.45) is 0 Å². The highest BCUT2D eigenvalue weighted by atomic mass is 16.5. The molecule has 0 aliphatic heterocycles. The third-order valence-electron chi connectivity index (χ3n) is 5.32. The van der Waals surface area contributed by atoms with Crippen molar-refractivity contribution < 1.29 is 23.5 Å². The zero-order valence-electron chi connectivity index (χ0n) is 20.3. The van der Waals surface area contributed by atoms with Crippen LogP contribution < -0.4 is 14.8 Å². The molecule has 2 aromatic carbocycles. The lowest BCUT2D eigenvalue weighted by Crippen LogP contribution is -2.44. The molecule has 0 saturated carbocycles. The third-order valence-corrected chi connectivity index (χ3v) is 5.32. The third kappa shape index (κ3) is 7.14. The summed E-state index contributed by atoms with van der Waals surface area (Å²) in [4.78, 5) is 29.6. The van der Waals surface area contributed by atoms with Gasteiger partial charge in [0.25, 0.3) is 0 Å². The van der Waals surface area contributed by atoms with Gasteiger partial charge in [-0.3, -0.25) is 4.79 Å². The maximum absolute atomic E-state index is 13.4. The number of nitrogens with zero attached hydrogens (tertiary/aromatic N) is 2. The van der Waals surface area contributed by atoms with Crippen LogP contribution in [0.3, 0.4) is 0 Å². The molecule has 0 spiro atoms. The molecule has 35 heavy (non-hydrogen) atoms. The van der Waals surface area contributed by atoms with Crippen LogP contribution in [0.15, 0.2) is 77.7 Å². The van der Waals surface area contributed by atoms with Gasteiger partial charge in [0, 0.05) is 19.2 Å². The number of urea groups is 1. The number of benzene rings is 2. The summed E-state index contributed by atoms with van der Waals surface area (Å²) in [5.74, 6) is 2.27. The number of carbonyl (C=O) groups excluding carboxylic acids is 2. The van der Waals surface area contributed by atoms with Crippen LogP contribution in [0.1, 0.15) is 17.1 Å². The number of anilines is 1. The second kappa shape index (κ2) is 12.3. The van der Waals surface area contributed by atoms with Gasteiger partial charge in [-0.25, -0.2) is 4.79 Å². The van der Waals surface area contributed by atoms with E-state index < -0.39 is 6.03 Å². The van der Waals surface area contributed by atoms with Crippen molar-refractivity contribution in [1.29, 1.82) is 0 Å². The Morgan fingerprint density at radius 1 is 1.00 bits per heavy atom. The van der Waals surface area contributed by atoms with Crippen molar-refractivity contribution in [2.45, 2.75) is 20.0 Å². The zero-order valence-corrected chi connectivity index (χ0v) is 20.3. The van der Waals surface area contributed by atoms with E-state index in [4.69, 9.17) is 13.9 Å². The fourth-order valence-corrected chi connectivity index (χ4v) is 3.53. The molecule has 184 valence electrons. The average molecular weight is 478 g/mol. The first kappa shape index (κ1) is 25.4. The van der Waals surface area contributed by atoms with Crippen molar-refractivity contribution in [3.8, 4) is 11.5 Å². The van der Waals surface area contributed by atoms with Crippen molar-refractivity contribution >= 4 is 17.6 Å². The number of rotatable bonds is 11. The highest BCUT2D eigenvalue weighted by Gasteiger charge is 2.23. The molecule has 0 aliphatic carbocycles. The van der Waals surface area contributed by atoms with Crippen LogP contribution >= 0.6 is 0 Å². The van der Waals surface area contributed by atoms with E-state index in [-0.39, 0.29) is 25.5 Å². The predicted octanol–water partition coefficient (Wildman–Crippen LogP) is 4.85. The van der Waals surface area contributed by atoms with Gasteiger partial charge in [0.2, 0.25) is 5.91 Å². The van der Waals surface area contributed by atoms with Crippen molar-refractivity contribution in [2.75, 3.05) is 32.6 Å². The average Bonchev–Trinajstić information content (AvgIpc) is 3.28. The quantitative estimate of drug-likeness (QED) is 0.399. The summed E-state index contributed by atoms with van der Waals surface area (Å²) < 4.78 is 16.3. The Morgan fingerprint density at radius 3 is 2.40 bits per heavy atom. The fraction of sp³-hybridized carbons (Fsp3) is 0.259. The molecule has 0 radical (unpaired) electrons. The van der Waals surface area contributed by atoms with Gasteiger partial charge in [-0.2, -0.15) is 0 Å². The minimum atomic E-state index is -0.449. The Kier molecular flexibility index (Phi) is 8.95. The Labute approximate surface area is 205 Å². The zero-order chi connectivity index (χ0) is 25.2. The molecule has 1 heterocycles. The Bertz CT molecular complexity index is 1140. The molecule has 3 rings (SSSR count). The molecule has 3 aromatic rings. The normalized spacial score (nSPS) is 10.4.